The molecule has 0 spiro atoms. The van der Waals surface area contributed by atoms with E-state index in [1.165, 1.54) is 0 Å². The molecule has 1 aromatic rings. The molecule has 0 radical (unpaired) electrons. The molecule has 1 aromatic heterocycles. The SMILES string of the molecule is CO[C@H]1C[C@@H](CN(C)Cc2cnc[nH]2)N(C)C1. The Morgan fingerprint density at radius 1 is 1.65 bits per heavy atom. The highest BCUT2D eigenvalue weighted by Crippen LogP contribution is 2.18. The van der Waals surface area contributed by atoms with Crippen molar-refractivity contribution >= 4 is 0 Å². The molecule has 1 fully saturated rings. The fourth-order valence-corrected chi connectivity index (χ4v) is 2.50. The first-order chi connectivity index (χ1) is 8.19. The number of imidazole rings is 1. The summed E-state index contributed by atoms with van der Waals surface area (Å²) in [5.41, 5.74) is 1.16. The maximum Gasteiger partial charge on any atom is 0.0922 e. The van der Waals surface area contributed by atoms with Gasteiger partial charge < -0.3 is 9.72 Å². The topological polar surface area (TPSA) is 44.4 Å². The maximum atomic E-state index is 5.42. The molecule has 0 saturated carbocycles. The van der Waals surface area contributed by atoms with E-state index >= 15 is 0 Å². The molecule has 96 valence electrons. The van der Waals surface area contributed by atoms with Gasteiger partial charge in [0.25, 0.3) is 0 Å². The van der Waals surface area contributed by atoms with E-state index in [0.717, 1.165) is 31.7 Å². The minimum Gasteiger partial charge on any atom is -0.380 e. The highest BCUT2D eigenvalue weighted by molar-refractivity contribution is 4.94. The lowest BCUT2D eigenvalue weighted by Gasteiger charge is -2.24. The van der Waals surface area contributed by atoms with Crippen molar-refractivity contribution in [1.82, 2.24) is 19.8 Å². The van der Waals surface area contributed by atoms with Gasteiger partial charge >= 0.3 is 0 Å². The van der Waals surface area contributed by atoms with Crippen molar-refractivity contribution in [2.75, 3.05) is 34.3 Å². The predicted molar refractivity (Wildman–Crippen MR) is 66.8 cm³/mol. The quantitative estimate of drug-likeness (QED) is 0.814. The van der Waals surface area contributed by atoms with Crippen molar-refractivity contribution in [3.05, 3.63) is 18.2 Å². The molecule has 1 saturated heterocycles. The summed E-state index contributed by atoms with van der Waals surface area (Å²) >= 11 is 0. The van der Waals surface area contributed by atoms with Gasteiger partial charge in [-0.2, -0.15) is 0 Å². The van der Waals surface area contributed by atoms with E-state index in [1.54, 1.807) is 13.4 Å². The van der Waals surface area contributed by atoms with Crippen LogP contribution in [-0.4, -0.2) is 66.2 Å². The highest BCUT2D eigenvalue weighted by Gasteiger charge is 2.29. The van der Waals surface area contributed by atoms with Crippen molar-refractivity contribution in [3.8, 4) is 0 Å². The Hall–Kier alpha value is -0.910. The van der Waals surface area contributed by atoms with Crippen LogP contribution in [0.1, 0.15) is 12.1 Å². The summed E-state index contributed by atoms with van der Waals surface area (Å²) in [6.07, 6.45) is 5.13. The number of nitrogens with zero attached hydrogens (tertiary/aromatic N) is 3. The highest BCUT2D eigenvalue weighted by atomic mass is 16.5. The van der Waals surface area contributed by atoms with E-state index in [2.05, 4.69) is 33.9 Å². The standard InChI is InChI=1S/C12H22N4O/c1-15(6-10-5-13-9-14-10)7-11-4-12(17-3)8-16(11)2/h5,9,11-12H,4,6-8H2,1-3H3,(H,13,14)/t11-,12-/m0/s1. The predicted octanol–water partition coefficient (Wildman–Crippen LogP) is 0.561. The molecule has 1 aliphatic heterocycles. The fraction of sp³-hybridized carbons (Fsp3) is 0.750. The number of hydrogen-bond acceptors (Lipinski definition) is 4. The summed E-state index contributed by atoms with van der Waals surface area (Å²) in [6.45, 7) is 3.02. The lowest BCUT2D eigenvalue weighted by atomic mass is 10.2. The molecule has 2 heterocycles. The number of H-pyrrole nitrogens is 1. The van der Waals surface area contributed by atoms with Gasteiger partial charge in [-0.15, -0.1) is 0 Å². The zero-order valence-corrected chi connectivity index (χ0v) is 10.9. The lowest BCUT2D eigenvalue weighted by Crippen LogP contribution is -2.36. The number of ether oxygens (including phenoxy) is 1. The summed E-state index contributed by atoms with van der Waals surface area (Å²) < 4.78 is 5.42. The second-order valence-electron chi connectivity index (χ2n) is 4.96. The van der Waals surface area contributed by atoms with Crippen LogP contribution in [0.4, 0.5) is 0 Å². The number of aromatic nitrogens is 2. The number of rotatable bonds is 5. The van der Waals surface area contributed by atoms with Gasteiger partial charge in [0.05, 0.1) is 12.4 Å². The summed E-state index contributed by atoms with van der Waals surface area (Å²) in [6, 6.07) is 0.591. The average Bonchev–Trinajstić information content (AvgIpc) is 2.89. The average molecular weight is 238 g/mol. The minimum atomic E-state index is 0.394. The van der Waals surface area contributed by atoms with Crippen molar-refractivity contribution in [1.29, 1.82) is 0 Å². The maximum absolute atomic E-state index is 5.42. The van der Waals surface area contributed by atoms with Gasteiger partial charge in [-0.1, -0.05) is 0 Å². The fourth-order valence-electron chi connectivity index (χ4n) is 2.50. The van der Waals surface area contributed by atoms with Crippen LogP contribution in [0.15, 0.2) is 12.5 Å². The first-order valence-electron chi connectivity index (χ1n) is 6.08. The largest absolute Gasteiger partial charge is 0.380 e. The molecule has 2 atom stereocenters. The Bertz CT molecular complexity index is 327. The summed E-state index contributed by atoms with van der Waals surface area (Å²) in [7, 11) is 6.12. The molecule has 0 aliphatic carbocycles. The molecule has 5 heteroatoms. The van der Waals surface area contributed by atoms with E-state index in [0.29, 0.717) is 12.1 Å². The third-order valence-electron chi connectivity index (χ3n) is 3.50. The van der Waals surface area contributed by atoms with E-state index < -0.39 is 0 Å². The molecule has 5 nitrogen and oxygen atoms in total. The summed E-state index contributed by atoms with van der Waals surface area (Å²) in [4.78, 5) is 11.9. The van der Waals surface area contributed by atoms with Gasteiger partial charge in [-0.25, -0.2) is 4.98 Å². The number of likely N-dealkylation sites (N-methyl/N-ethyl adjacent to an activating group) is 2. The van der Waals surface area contributed by atoms with Gasteiger partial charge in [0, 0.05) is 44.7 Å². The normalized spacial score (nSPS) is 25.9. The van der Waals surface area contributed by atoms with Crippen LogP contribution in [0.5, 0.6) is 0 Å². The van der Waals surface area contributed by atoms with Crippen LogP contribution < -0.4 is 0 Å². The van der Waals surface area contributed by atoms with Crippen LogP contribution in [-0.2, 0) is 11.3 Å². The van der Waals surface area contributed by atoms with Crippen LogP contribution in [0.3, 0.4) is 0 Å². The second kappa shape index (κ2) is 5.62. The molecule has 0 amide bonds. The molecule has 1 aliphatic rings. The van der Waals surface area contributed by atoms with E-state index in [1.807, 2.05) is 6.20 Å². The molecule has 0 aromatic carbocycles. The van der Waals surface area contributed by atoms with Crippen LogP contribution >= 0.6 is 0 Å². The minimum absolute atomic E-state index is 0.394. The number of hydrogen-bond donors (Lipinski definition) is 1. The van der Waals surface area contributed by atoms with Crippen LogP contribution in [0.2, 0.25) is 0 Å². The lowest BCUT2D eigenvalue weighted by molar-refractivity contribution is 0.111. The molecule has 0 bridgehead atoms. The number of methoxy groups -OCH3 is 1. The Balaban J connectivity index is 1.80. The van der Waals surface area contributed by atoms with Gasteiger partial charge in [0.15, 0.2) is 0 Å². The first kappa shape index (κ1) is 12.5. The molecular weight excluding hydrogens is 216 g/mol. The van der Waals surface area contributed by atoms with Crippen LogP contribution in [0, 0.1) is 0 Å². The van der Waals surface area contributed by atoms with Crippen molar-refractivity contribution in [3.63, 3.8) is 0 Å². The van der Waals surface area contributed by atoms with Crippen molar-refractivity contribution in [2.45, 2.75) is 25.1 Å². The summed E-state index contributed by atoms with van der Waals surface area (Å²) in [5.74, 6) is 0. The molecular formula is C12H22N4O. The van der Waals surface area contributed by atoms with Gasteiger partial charge in [0.2, 0.25) is 0 Å². The van der Waals surface area contributed by atoms with Crippen molar-refractivity contribution < 1.29 is 4.74 Å². The third kappa shape index (κ3) is 3.28. The third-order valence-corrected chi connectivity index (χ3v) is 3.50. The van der Waals surface area contributed by atoms with Gasteiger partial charge in [0.1, 0.15) is 0 Å². The molecule has 0 unspecified atom stereocenters. The van der Waals surface area contributed by atoms with E-state index in [-0.39, 0.29) is 0 Å². The first-order valence-corrected chi connectivity index (χ1v) is 6.08. The Kier molecular flexibility index (Phi) is 4.15. The zero-order chi connectivity index (χ0) is 12.3. The summed E-state index contributed by atoms with van der Waals surface area (Å²) in [5, 5.41) is 0. The van der Waals surface area contributed by atoms with Crippen LogP contribution in [0.25, 0.3) is 0 Å². The van der Waals surface area contributed by atoms with Gasteiger partial charge in [-0.05, 0) is 20.5 Å². The van der Waals surface area contributed by atoms with E-state index in [9.17, 15) is 0 Å². The number of aromatic amines is 1. The van der Waals surface area contributed by atoms with E-state index in [4.69, 9.17) is 4.74 Å². The number of likely N-dealkylation sites (tertiary alicyclic amines) is 1. The Morgan fingerprint density at radius 2 is 2.47 bits per heavy atom. The van der Waals surface area contributed by atoms with Gasteiger partial charge in [-0.3, -0.25) is 9.80 Å². The molecule has 2 rings (SSSR count). The Morgan fingerprint density at radius 3 is 3.06 bits per heavy atom. The zero-order valence-electron chi connectivity index (χ0n) is 10.9. The monoisotopic (exact) mass is 238 g/mol. The molecule has 17 heavy (non-hydrogen) atoms. The second-order valence-corrected chi connectivity index (χ2v) is 4.96. The number of nitrogens with one attached hydrogen (secondary N) is 1. The molecule has 1 N–H and O–H groups in total. The Labute approximate surface area is 103 Å². The van der Waals surface area contributed by atoms with Crippen molar-refractivity contribution in [2.24, 2.45) is 0 Å². The smallest absolute Gasteiger partial charge is 0.0922 e.